The third-order valence-corrected chi connectivity index (χ3v) is 3.15. The van der Waals surface area contributed by atoms with E-state index in [1.54, 1.807) is 6.08 Å². The van der Waals surface area contributed by atoms with Crippen molar-refractivity contribution in [1.82, 2.24) is 0 Å². The van der Waals surface area contributed by atoms with Crippen LogP contribution < -0.4 is 5.73 Å². The average Bonchev–Trinajstić information content (AvgIpc) is 2.62. The highest BCUT2D eigenvalue weighted by Gasteiger charge is 2.15. The van der Waals surface area contributed by atoms with Crippen LogP contribution in [-0.4, -0.2) is 0 Å². The summed E-state index contributed by atoms with van der Waals surface area (Å²) in [4.78, 5) is 0. The molecule has 0 amide bonds. The maximum absolute atomic E-state index is 6.15. The standard InChI is InChI=1S/C12H14ClN/c1-2-12(14)10-6-8-4-3-5-9(8)7-11(10)13/h2,6-7,12H,1,3-5,14H2. The summed E-state index contributed by atoms with van der Waals surface area (Å²) >= 11 is 6.15. The third kappa shape index (κ3) is 1.58. The summed E-state index contributed by atoms with van der Waals surface area (Å²) in [5.74, 6) is 0. The van der Waals surface area contributed by atoms with Crippen LogP contribution in [0.2, 0.25) is 5.02 Å². The van der Waals surface area contributed by atoms with E-state index in [1.165, 1.54) is 17.5 Å². The van der Waals surface area contributed by atoms with Crippen molar-refractivity contribution >= 4 is 11.6 Å². The van der Waals surface area contributed by atoms with E-state index in [9.17, 15) is 0 Å². The molecule has 1 aliphatic carbocycles. The topological polar surface area (TPSA) is 26.0 Å². The maximum atomic E-state index is 6.15. The molecule has 74 valence electrons. The van der Waals surface area contributed by atoms with Gasteiger partial charge in [0.1, 0.15) is 0 Å². The van der Waals surface area contributed by atoms with Gasteiger partial charge in [-0.15, -0.1) is 6.58 Å². The molecule has 2 heteroatoms. The van der Waals surface area contributed by atoms with Gasteiger partial charge >= 0.3 is 0 Å². The molecule has 1 aromatic rings. The number of benzene rings is 1. The highest BCUT2D eigenvalue weighted by atomic mass is 35.5. The maximum Gasteiger partial charge on any atom is 0.0493 e. The first kappa shape index (κ1) is 9.75. The molecule has 0 radical (unpaired) electrons. The summed E-state index contributed by atoms with van der Waals surface area (Å²) in [6.07, 6.45) is 5.27. The Labute approximate surface area is 89.6 Å². The summed E-state index contributed by atoms with van der Waals surface area (Å²) in [6, 6.07) is 4.05. The lowest BCUT2D eigenvalue weighted by molar-refractivity contribution is 0.902. The Kier molecular flexibility index (Phi) is 2.62. The van der Waals surface area contributed by atoms with E-state index in [0.717, 1.165) is 23.4 Å². The smallest absolute Gasteiger partial charge is 0.0493 e. The molecule has 1 unspecified atom stereocenters. The van der Waals surface area contributed by atoms with Gasteiger partial charge in [0.15, 0.2) is 0 Å². The first-order valence-corrected chi connectivity index (χ1v) is 5.29. The first-order valence-electron chi connectivity index (χ1n) is 4.91. The Morgan fingerprint density at radius 3 is 2.64 bits per heavy atom. The molecule has 14 heavy (non-hydrogen) atoms. The number of aryl methyl sites for hydroxylation is 2. The highest BCUT2D eigenvalue weighted by molar-refractivity contribution is 6.31. The SMILES string of the molecule is C=CC(N)c1cc2c(cc1Cl)CCC2. The van der Waals surface area contributed by atoms with Gasteiger partial charge < -0.3 is 5.73 Å². The van der Waals surface area contributed by atoms with Crippen LogP contribution in [0, 0.1) is 0 Å². The van der Waals surface area contributed by atoms with Crippen LogP contribution in [0.3, 0.4) is 0 Å². The Hall–Kier alpha value is -0.790. The monoisotopic (exact) mass is 207 g/mol. The van der Waals surface area contributed by atoms with Gasteiger partial charge in [-0.3, -0.25) is 0 Å². The van der Waals surface area contributed by atoms with Crippen LogP contribution in [-0.2, 0) is 12.8 Å². The molecule has 0 saturated carbocycles. The number of nitrogens with two attached hydrogens (primary N) is 1. The molecular formula is C12H14ClN. The Morgan fingerprint density at radius 1 is 1.36 bits per heavy atom. The van der Waals surface area contributed by atoms with Crippen molar-refractivity contribution < 1.29 is 0 Å². The molecular weight excluding hydrogens is 194 g/mol. The third-order valence-electron chi connectivity index (χ3n) is 2.82. The minimum absolute atomic E-state index is 0.145. The zero-order valence-electron chi connectivity index (χ0n) is 8.09. The second-order valence-corrected chi connectivity index (χ2v) is 4.16. The quantitative estimate of drug-likeness (QED) is 0.742. The van der Waals surface area contributed by atoms with Crippen molar-refractivity contribution in [1.29, 1.82) is 0 Å². The number of hydrogen-bond acceptors (Lipinski definition) is 1. The molecule has 2 N–H and O–H groups in total. The van der Waals surface area contributed by atoms with Gasteiger partial charge in [0.05, 0.1) is 0 Å². The predicted octanol–water partition coefficient (Wildman–Crippen LogP) is 3.01. The van der Waals surface area contributed by atoms with Crippen molar-refractivity contribution in [3.63, 3.8) is 0 Å². The first-order chi connectivity index (χ1) is 6.72. The molecule has 0 bridgehead atoms. The van der Waals surface area contributed by atoms with E-state index in [4.69, 9.17) is 17.3 Å². The molecule has 1 atom stereocenters. The highest BCUT2D eigenvalue weighted by Crippen LogP contribution is 2.31. The van der Waals surface area contributed by atoms with Gasteiger partial charge in [0.25, 0.3) is 0 Å². The van der Waals surface area contributed by atoms with Crippen LogP contribution in [0.5, 0.6) is 0 Å². The van der Waals surface area contributed by atoms with Gasteiger partial charge in [0.2, 0.25) is 0 Å². The number of halogens is 1. The van der Waals surface area contributed by atoms with Crippen molar-refractivity contribution in [3.8, 4) is 0 Å². The van der Waals surface area contributed by atoms with E-state index >= 15 is 0 Å². The number of rotatable bonds is 2. The molecule has 0 fully saturated rings. The normalized spacial score (nSPS) is 16.4. The summed E-state index contributed by atoms with van der Waals surface area (Å²) in [7, 11) is 0. The number of hydrogen-bond donors (Lipinski definition) is 1. The Balaban J connectivity index is 2.47. The van der Waals surface area contributed by atoms with Crippen molar-refractivity contribution in [2.24, 2.45) is 5.73 Å². The van der Waals surface area contributed by atoms with Crippen molar-refractivity contribution in [3.05, 3.63) is 46.5 Å². The summed E-state index contributed by atoms with van der Waals surface area (Å²) in [6.45, 7) is 3.69. The molecule has 2 rings (SSSR count). The van der Waals surface area contributed by atoms with Gasteiger partial charge in [0, 0.05) is 11.1 Å². The van der Waals surface area contributed by atoms with Crippen LogP contribution in [0.4, 0.5) is 0 Å². The van der Waals surface area contributed by atoms with E-state index in [-0.39, 0.29) is 6.04 Å². The molecule has 0 aliphatic heterocycles. The van der Waals surface area contributed by atoms with Crippen LogP contribution in [0.15, 0.2) is 24.8 Å². The van der Waals surface area contributed by atoms with Gasteiger partial charge in [-0.05, 0) is 42.0 Å². The predicted molar refractivity (Wildman–Crippen MR) is 60.6 cm³/mol. The fourth-order valence-electron chi connectivity index (χ4n) is 2.00. The van der Waals surface area contributed by atoms with Gasteiger partial charge in [-0.1, -0.05) is 23.7 Å². The second-order valence-electron chi connectivity index (χ2n) is 3.76. The van der Waals surface area contributed by atoms with E-state index in [0.29, 0.717) is 0 Å². The van der Waals surface area contributed by atoms with Gasteiger partial charge in [-0.25, -0.2) is 0 Å². The van der Waals surface area contributed by atoms with Crippen molar-refractivity contribution in [2.75, 3.05) is 0 Å². The minimum Gasteiger partial charge on any atom is -0.321 e. The average molecular weight is 208 g/mol. The Bertz CT molecular complexity index is 371. The van der Waals surface area contributed by atoms with E-state index < -0.39 is 0 Å². The summed E-state index contributed by atoms with van der Waals surface area (Å²) in [5.41, 5.74) is 9.68. The molecule has 0 saturated heterocycles. The summed E-state index contributed by atoms with van der Waals surface area (Å²) < 4.78 is 0. The van der Waals surface area contributed by atoms with Crippen LogP contribution >= 0.6 is 11.6 Å². The van der Waals surface area contributed by atoms with E-state index in [1.807, 2.05) is 0 Å². The molecule has 1 nitrogen and oxygen atoms in total. The fraction of sp³-hybridized carbons (Fsp3) is 0.333. The second kappa shape index (κ2) is 3.76. The van der Waals surface area contributed by atoms with Crippen LogP contribution in [0.1, 0.15) is 29.2 Å². The molecule has 0 heterocycles. The zero-order valence-corrected chi connectivity index (χ0v) is 8.85. The lowest BCUT2D eigenvalue weighted by Gasteiger charge is -2.11. The lowest BCUT2D eigenvalue weighted by atomic mass is 10.0. The Morgan fingerprint density at radius 2 is 2.00 bits per heavy atom. The molecule has 1 aromatic carbocycles. The molecule has 1 aliphatic rings. The minimum atomic E-state index is -0.145. The zero-order chi connectivity index (χ0) is 10.1. The van der Waals surface area contributed by atoms with E-state index in [2.05, 4.69) is 18.7 Å². The lowest BCUT2D eigenvalue weighted by Crippen LogP contribution is -2.07. The van der Waals surface area contributed by atoms with Crippen LogP contribution in [0.25, 0.3) is 0 Å². The van der Waals surface area contributed by atoms with Crippen molar-refractivity contribution in [2.45, 2.75) is 25.3 Å². The van der Waals surface area contributed by atoms with Gasteiger partial charge in [-0.2, -0.15) is 0 Å². The summed E-state index contributed by atoms with van der Waals surface area (Å²) in [5, 5.41) is 0.776. The molecule has 0 aromatic heterocycles. The number of fused-ring (bicyclic) bond motifs is 1. The largest absolute Gasteiger partial charge is 0.321 e. The molecule has 0 spiro atoms. The fourth-order valence-corrected chi connectivity index (χ4v) is 2.31.